The van der Waals surface area contributed by atoms with Crippen molar-refractivity contribution in [3.05, 3.63) is 46.1 Å². The molecule has 2 heterocycles. The molecule has 0 saturated carbocycles. The maximum absolute atomic E-state index is 6.03. The topological polar surface area (TPSA) is 17.3 Å². The van der Waals surface area contributed by atoms with E-state index in [2.05, 4.69) is 16.7 Å². The van der Waals surface area contributed by atoms with E-state index in [9.17, 15) is 0 Å². The average Bonchev–Trinajstić information content (AvgIpc) is 2.99. The molecule has 0 bridgehead atoms. The van der Waals surface area contributed by atoms with Gasteiger partial charge in [-0.05, 0) is 31.4 Å². The quantitative estimate of drug-likeness (QED) is 0.650. The van der Waals surface area contributed by atoms with Crippen molar-refractivity contribution in [2.24, 2.45) is 0 Å². The van der Waals surface area contributed by atoms with Crippen molar-refractivity contribution in [2.75, 3.05) is 0 Å². The van der Waals surface area contributed by atoms with Gasteiger partial charge in [-0.25, -0.2) is 4.98 Å². The van der Waals surface area contributed by atoms with Gasteiger partial charge in [0.15, 0.2) is 4.96 Å². The molecule has 90 valence electrons. The zero-order valence-electron chi connectivity index (χ0n) is 9.69. The molecule has 2 aromatic heterocycles. The molecule has 4 heteroatoms. The lowest BCUT2D eigenvalue weighted by atomic mass is 10.2. The molecule has 3 aromatic rings. The normalized spacial score (nSPS) is 14.3. The number of thiazole rings is 1. The van der Waals surface area contributed by atoms with Crippen LogP contribution in [0.2, 0.25) is 5.02 Å². The Morgan fingerprint density at radius 1 is 1.28 bits per heavy atom. The Bertz CT molecular complexity index is 741. The van der Waals surface area contributed by atoms with Crippen LogP contribution in [0, 0.1) is 0 Å². The average molecular weight is 275 g/mol. The molecule has 0 aliphatic heterocycles. The molecule has 18 heavy (non-hydrogen) atoms. The van der Waals surface area contributed by atoms with E-state index in [1.165, 1.54) is 29.8 Å². The first-order chi connectivity index (χ1) is 8.81. The van der Waals surface area contributed by atoms with Crippen LogP contribution in [0.3, 0.4) is 0 Å². The number of benzene rings is 1. The van der Waals surface area contributed by atoms with Gasteiger partial charge in [0.1, 0.15) is 0 Å². The standard InChI is InChI=1S/C14H11ClN2S/c15-10-4-1-3-9(7-10)11-8-17-12-5-2-6-13(12)18-14(17)16-11/h1,3-4,7-8H,2,5-6H2. The first-order valence-electron chi connectivity index (χ1n) is 6.07. The van der Waals surface area contributed by atoms with Gasteiger partial charge in [0.2, 0.25) is 0 Å². The maximum Gasteiger partial charge on any atom is 0.194 e. The van der Waals surface area contributed by atoms with Crippen molar-refractivity contribution < 1.29 is 0 Å². The summed E-state index contributed by atoms with van der Waals surface area (Å²) in [7, 11) is 0. The molecule has 0 atom stereocenters. The van der Waals surface area contributed by atoms with Crippen LogP contribution in [0.25, 0.3) is 16.2 Å². The highest BCUT2D eigenvalue weighted by Gasteiger charge is 2.19. The van der Waals surface area contributed by atoms with Crippen molar-refractivity contribution in [1.29, 1.82) is 0 Å². The van der Waals surface area contributed by atoms with Gasteiger partial charge in [0.05, 0.1) is 5.69 Å². The number of fused-ring (bicyclic) bond motifs is 3. The molecule has 0 unspecified atom stereocenters. The first-order valence-corrected chi connectivity index (χ1v) is 7.26. The molecule has 0 spiro atoms. The molecule has 1 aliphatic carbocycles. The smallest absolute Gasteiger partial charge is 0.194 e. The lowest BCUT2D eigenvalue weighted by molar-refractivity contribution is 0.888. The van der Waals surface area contributed by atoms with Gasteiger partial charge < -0.3 is 0 Å². The molecular weight excluding hydrogens is 264 g/mol. The third kappa shape index (κ3) is 1.51. The van der Waals surface area contributed by atoms with Gasteiger partial charge >= 0.3 is 0 Å². The van der Waals surface area contributed by atoms with Gasteiger partial charge in [-0.2, -0.15) is 0 Å². The lowest BCUT2D eigenvalue weighted by Crippen LogP contribution is -1.85. The van der Waals surface area contributed by atoms with E-state index in [1.807, 2.05) is 29.5 Å². The summed E-state index contributed by atoms with van der Waals surface area (Å²) in [5.74, 6) is 0. The van der Waals surface area contributed by atoms with Crippen LogP contribution in [-0.2, 0) is 12.8 Å². The molecule has 0 amide bonds. The van der Waals surface area contributed by atoms with Crippen LogP contribution in [0.4, 0.5) is 0 Å². The maximum atomic E-state index is 6.03. The fraction of sp³-hybridized carbons (Fsp3) is 0.214. The Balaban J connectivity index is 1.89. The lowest BCUT2D eigenvalue weighted by Gasteiger charge is -1.96. The van der Waals surface area contributed by atoms with Gasteiger partial charge in [-0.1, -0.05) is 23.7 Å². The zero-order valence-corrected chi connectivity index (χ0v) is 11.3. The predicted molar refractivity (Wildman–Crippen MR) is 75.5 cm³/mol. The minimum Gasteiger partial charge on any atom is -0.294 e. The van der Waals surface area contributed by atoms with E-state index in [0.717, 1.165) is 21.2 Å². The molecule has 1 aromatic carbocycles. The van der Waals surface area contributed by atoms with E-state index in [4.69, 9.17) is 16.6 Å². The predicted octanol–water partition coefficient (Wildman–Crippen LogP) is 4.20. The number of imidazole rings is 1. The van der Waals surface area contributed by atoms with Crippen LogP contribution in [0.5, 0.6) is 0 Å². The number of nitrogens with zero attached hydrogens (tertiary/aromatic N) is 2. The third-order valence-corrected chi connectivity index (χ3v) is 4.83. The van der Waals surface area contributed by atoms with E-state index in [1.54, 1.807) is 0 Å². The molecule has 1 aliphatic rings. The van der Waals surface area contributed by atoms with Crippen molar-refractivity contribution in [3.63, 3.8) is 0 Å². The molecule has 4 rings (SSSR count). The Morgan fingerprint density at radius 3 is 3.11 bits per heavy atom. The Kier molecular flexibility index (Phi) is 2.26. The number of aryl methyl sites for hydroxylation is 2. The molecule has 0 radical (unpaired) electrons. The minimum absolute atomic E-state index is 0.758. The molecular formula is C14H11ClN2S. The van der Waals surface area contributed by atoms with Gasteiger partial charge in [-0.3, -0.25) is 4.40 Å². The number of rotatable bonds is 1. The number of hydrogen-bond donors (Lipinski definition) is 0. The summed E-state index contributed by atoms with van der Waals surface area (Å²) in [6.07, 6.45) is 5.82. The van der Waals surface area contributed by atoms with Crippen LogP contribution in [0.15, 0.2) is 30.5 Å². The summed E-state index contributed by atoms with van der Waals surface area (Å²) in [5.41, 5.74) is 3.55. The van der Waals surface area contributed by atoms with Crippen molar-refractivity contribution in [3.8, 4) is 11.3 Å². The summed E-state index contributed by atoms with van der Waals surface area (Å²) in [4.78, 5) is 7.33. The van der Waals surface area contributed by atoms with E-state index >= 15 is 0 Å². The fourth-order valence-corrected chi connectivity index (χ4v) is 3.97. The van der Waals surface area contributed by atoms with Crippen LogP contribution in [-0.4, -0.2) is 9.38 Å². The van der Waals surface area contributed by atoms with Crippen molar-refractivity contribution in [2.45, 2.75) is 19.3 Å². The highest BCUT2D eigenvalue weighted by atomic mass is 35.5. The fourth-order valence-electron chi connectivity index (χ4n) is 2.59. The summed E-state index contributed by atoms with van der Waals surface area (Å²) in [5, 5.41) is 0.758. The van der Waals surface area contributed by atoms with E-state index in [0.29, 0.717) is 0 Å². The number of halogens is 1. The molecule has 0 saturated heterocycles. The Morgan fingerprint density at radius 2 is 2.22 bits per heavy atom. The summed E-state index contributed by atoms with van der Waals surface area (Å²) < 4.78 is 2.25. The first kappa shape index (κ1) is 10.6. The monoisotopic (exact) mass is 274 g/mol. The largest absolute Gasteiger partial charge is 0.294 e. The second kappa shape index (κ2) is 3.84. The van der Waals surface area contributed by atoms with Crippen LogP contribution >= 0.6 is 22.9 Å². The summed E-state index contributed by atoms with van der Waals surface area (Å²) >= 11 is 7.85. The Hall–Kier alpha value is -1.32. The van der Waals surface area contributed by atoms with Gasteiger partial charge in [0, 0.05) is 27.4 Å². The second-order valence-electron chi connectivity index (χ2n) is 4.61. The van der Waals surface area contributed by atoms with Gasteiger partial charge in [-0.15, -0.1) is 11.3 Å². The van der Waals surface area contributed by atoms with Crippen molar-refractivity contribution in [1.82, 2.24) is 9.38 Å². The minimum atomic E-state index is 0.758. The summed E-state index contributed by atoms with van der Waals surface area (Å²) in [6, 6.07) is 7.88. The van der Waals surface area contributed by atoms with E-state index in [-0.39, 0.29) is 0 Å². The SMILES string of the molecule is Clc1cccc(-c2cn3c4c(sc3n2)CCC4)c1. The molecule has 2 nitrogen and oxygen atoms in total. The third-order valence-electron chi connectivity index (χ3n) is 3.44. The van der Waals surface area contributed by atoms with Crippen molar-refractivity contribution >= 4 is 27.9 Å². The zero-order chi connectivity index (χ0) is 12.1. The molecule has 0 N–H and O–H groups in total. The summed E-state index contributed by atoms with van der Waals surface area (Å²) in [6.45, 7) is 0. The Labute approximate surface area is 114 Å². The molecule has 0 fully saturated rings. The van der Waals surface area contributed by atoms with E-state index < -0.39 is 0 Å². The highest BCUT2D eigenvalue weighted by Crippen LogP contribution is 2.33. The van der Waals surface area contributed by atoms with Crippen LogP contribution in [0.1, 0.15) is 17.0 Å². The van der Waals surface area contributed by atoms with Crippen LogP contribution < -0.4 is 0 Å². The van der Waals surface area contributed by atoms with Gasteiger partial charge in [0.25, 0.3) is 0 Å². The second-order valence-corrected chi connectivity index (χ2v) is 6.11. The number of aromatic nitrogens is 2. The number of hydrogen-bond acceptors (Lipinski definition) is 2. The highest BCUT2D eigenvalue weighted by molar-refractivity contribution is 7.17.